The molecule has 0 heterocycles. The molecular formula is C13H15NO3. The van der Waals surface area contributed by atoms with Gasteiger partial charge in [0.15, 0.2) is 0 Å². The van der Waals surface area contributed by atoms with E-state index in [9.17, 15) is 9.59 Å². The maximum atomic E-state index is 11.7. The first-order valence-corrected chi connectivity index (χ1v) is 5.57. The molecule has 17 heavy (non-hydrogen) atoms. The third-order valence-corrected chi connectivity index (χ3v) is 2.45. The molecule has 0 aliphatic heterocycles. The average molecular weight is 233 g/mol. The Morgan fingerprint density at radius 1 is 1.35 bits per heavy atom. The van der Waals surface area contributed by atoms with Gasteiger partial charge in [-0.2, -0.15) is 4.99 Å². The van der Waals surface area contributed by atoms with Crippen LogP contribution in [-0.4, -0.2) is 18.7 Å². The molecule has 4 heteroatoms. The first-order valence-electron chi connectivity index (χ1n) is 5.57. The Balaban J connectivity index is 2.89. The van der Waals surface area contributed by atoms with Crippen LogP contribution < -0.4 is 0 Å². The number of benzene rings is 1. The Labute approximate surface area is 100 Å². The third kappa shape index (κ3) is 3.54. The summed E-state index contributed by atoms with van der Waals surface area (Å²) >= 11 is 0. The molecule has 1 rings (SSSR count). The lowest BCUT2D eigenvalue weighted by molar-refractivity contribution is -0.145. The Morgan fingerprint density at radius 2 is 2.00 bits per heavy atom. The summed E-state index contributed by atoms with van der Waals surface area (Å²) < 4.78 is 5.00. The Morgan fingerprint density at radius 3 is 2.47 bits per heavy atom. The van der Waals surface area contributed by atoms with Gasteiger partial charge in [0.2, 0.25) is 6.08 Å². The number of carbonyl (C=O) groups excluding carboxylic acids is 2. The first kappa shape index (κ1) is 13.1. The van der Waals surface area contributed by atoms with Gasteiger partial charge in [0.1, 0.15) is 0 Å². The van der Waals surface area contributed by atoms with Gasteiger partial charge in [-0.05, 0) is 31.0 Å². The molecule has 1 aromatic carbocycles. The van der Waals surface area contributed by atoms with Crippen molar-refractivity contribution in [3.63, 3.8) is 0 Å². The van der Waals surface area contributed by atoms with Crippen molar-refractivity contribution in [1.82, 2.24) is 0 Å². The summed E-state index contributed by atoms with van der Waals surface area (Å²) in [5, 5.41) is 0. The van der Waals surface area contributed by atoms with Gasteiger partial charge >= 0.3 is 5.97 Å². The van der Waals surface area contributed by atoms with Gasteiger partial charge in [0, 0.05) is 0 Å². The number of isocyanates is 1. The molecule has 1 atom stereocenters. The van der Waals surface area contributed by atoms with Crippen molar-refractivity contribution in [2.24, 2.45) is 4.99 Å². The Bertz CT molecular complexity index is 419. The summed E-state index contributed by atoms with van der Waals surface area (Å²) in [6.07, 6.45) is 2.15. The van der Waals surface area contributed by atoms with Crippen LogP contribution in [-0.2, 0) is 14.3 Å². The van der Waals surface area contributed by atoms with Gasteiger partial charge in [-0.1, -0.05) is 19.1 Å². The van der Waals surface area contributed by atoms with Gasteiger partial charge in [0.05, 0.1) is 18.2 Å². The van der Waals surface area contributed by atoms with Gasteiger partial charge in [-0.3, -0.25) is 4.79 Å². The predicted octanol–water partition coefficient (Wildman–Crippen LogP) is 2.71. The fourth-order valence-corrected chi connectivity index (χ4v) is 1.62. The van der Waals surface area contributed by atoms with E-state index in [1.165, 1.54) is 6.08 Å². The zero-order chi connectivity index (χ0) is 12.7. The molecule has 1 unspecified atom stereocenters. The van der Waals surface area contributed by atoms with Gasteiger partial charge in [-0.15, -0.1) is 0 Å². The summed E-state index contributed by atoms with van der Waals surface area (Å²) in [5.41, 5.74) is 1.40. The number of aliphatic imine (C=N–C) groups is 1. The highest BCUT2D eigenvalue weighted by Crippen LogP contribution is 2.23. The molecule has 0 spiro atoms. The zero-order valence-corrected chi connectivity index (χ0v) is 9.97. The first-order chi connectivity index (χ1) is 8.22. The maximum absolute atomic E-state index is 11.7. The molecule has 4 nitrogen and oxygen atoms in total. The molecule has 1 aromatic rings. The molecule has 0 saturated carbocycles. The minimum Gasteiger partial charge on any atom is -0.466 e. The second-order valence-electron chi connectivity index (χ2n) is 3.51. The van der Waals surface area contributed by atoms with Crippen molar-refractivity contribution in [3.8, 4) is 0 Å². The SMILES string of the molecule is CCOC(=O)C(CC)c1ccc(N=C=O)cc1. The molecule has 0 saturated heterocycles. The summed E-state index contributed by atoms with van der Waals surface area (Å²) in [4.78, 5) is 25.2. The monoisotopic (exact) mass is 233 g/mol. The van der Waals surface area contributed by atoms with Crippen LogP contribution >= 0.6 is 0 Å². The van der Waals surface area contributed by atoms with E-state index in [0.717, 1.165) is 5.56 Å². The van der Waals surface area contributed by atoms with E-state index in [1.807, 2.05) is 6.92 Å². The number of rotatable bonds is 5. The number of ether oxygens (including phenoxy) is 1. The molecule has 0 fully saturated rings. The lowest BCUT2D eigenvalue weighted by Gasteiger charge is -2.13. The van der Waals surface area contributed by atoms with Crippen molar-refractivity contribution in [2.45, 2.75) is 26.2 Å². The van der Waals surface area contributed by atoms with Crippen LogP contribution in [0.4, 0.5) is 5.69 Å². The van der Waals surface area contributed by atoms with Crippen LogP contribution in [0.15, 0.2) is 29.3 Å². The quantitative estimate of drug-likeness (QED) is 0.446. The molecule has 0 N–H and O–H groups in total. The lowest BCUT2D eigenvalue weighted by atomic mass is 9.96. The standard InChI is InChI=1S/C13H15NO3/c1-3-12(13(16)17-4-2)10-5-7-11(8-6-10)14-9-15/h5-8,12H,3-4H2,1-2H3. The molecule has 0 bridgehead atoms. The summed E-state index contributed by atoms with van der Waals surface area (Å²) in [7, 11) is 0. The number of hydrogen-bond donors (Lipinski definition) is 0. The summed E-state index contributed by atoms with van der Waals surface area (Å²) in [6, 6.07) is 6.92. The van der Waals surface area contributed by atoms with Crippen molar-refractivity contribution in [2.75, 3.05) is 6.61 Å². The normalized spacial score (nSPS) is 11.4. The number of nitrogens with zero attached hydrogens (tertiary/aromatic N) is 1. The van der Waals surface area contributed by atoms with Crippen LogP contribution in [0.25, 0.3) is 0 Å². The van der Waals surface area contributed by atoms with E-state index in [-0.39, 0.29) is 11.9 Å². The molecule has 0 aromatic heterocycles. The Hall–Kier alpha value is -1.93. The highest BCUT2D eigenvalue weighted by atomic mass is 16.5. The minimum absolute atomic E-state index is 0.221. The van der Waals surface area contributed by atoms with E-state index < -0.39 is 0 Å². The van der Waals surface area contributed by atoms with Crippen molar-refractivity contribution >= 4 is 17.7 Å². The van der Waals surface area contributed by atoms with Crippen LogP contribution in [0.5, 0.6) is 0 Å². The van der Waals surface area contributed by atoms with Crippen molar-refractivity contribution in [1.29, 1.82) is 0 Å². The fraction of sp³-hybridized carbons (Fsp3) is 0.385. The van der Waals surface area contributed by atoms with Crippen LogP contribution in [0, 0.1) is 0 Å². The molecule has 90 valence electrons. The van der Waals surface area contributed by atoms with Crippen LogP contribution in [0.2, 0.25) is 0 Å². The fourth-order valence-electron chi connectivity index (χ4n) is 1.62. The number of hydrogen-bond acceptors (Lipinski definition) is 4. The van der Waals surface area contributed by atoms with Crippen LogP contribution in [0.1, 0.15) is 31.7 Å². The molecule has 0 radical (unpaired) electrons. The smallest absolute Gasteiger partial charge is 0.313 e. The van der Waals surface area contributed by atoms with E-state index in [2.05, 4.69) is 4.99 Å². The largest absolute Gasteiger partial charge is 0.466 e. The highest BCUT2D eigenvalue weighted by molar-refractivity contribution is 5.78. The average Bonchev–Trinajstić information content (AvgIpc) is 2.33. The summed E-state index contributed by atoms with van der Waals surface area (Å²) in [6.45, 7) is 4.09. The maximum Gasteiger partial charge on any atom is 0.313 e. The van der Waals surface area contributed by atoms with Crippen molar-refractivity contribution < 1.29 is 14.3 Å². The van der Waals surface area contributed by atoms with Crippen LogP contribution in [0.3, 0.4) is 0 Å². The van der Waals surface area contributed by atoms with E-state index in [0.29, 0.717) is 18.7 Å². The second-order valence-corrected chi connectivity index (χ2v) is 3.51. The summed E-state index contributed by atoms with van der Waals surface area (Å²) in [5.74, 6) is -0.481. The minimum atomic E-state index is -0.260. The molecule has 0 aliphatic carbocycles. The highest BCUT2D eigenvalue weighted by Gasteiger charge is 2.19. The van der Waals surface area contributed by atoms with Gasteiger partial charge in [0.25, 0.3) is 0 Å². The number of esters is 1. The second kappa shape index (κ2) is 6.61. The molecule has 0 aliphatic rings. The lowest BCUT2D eigenvalue weighted by Crippen LogP contribution is -2.15. The van der Waals surface area contributed by atoms with E-state index in [4.69, 9.17) is 4.74 Å². The zero-order valence-electron chi connectivity index (χ0n) is 9.97. The number of carbonyl (C=O) groups is 1. The van der Waals surface area contributed by atoms with Crippen molar-refractivity contribution in [3.05, 3.63) is 29.8 Å². The predicted molar refractivity (Wildman–Crippen MR) is 63.9 cm³/mol. The van der Waals surface area contributed by atoms with Gasteiger partial charge in [-0.25, -0.2) is 4.79 Å². The van der Waals surface area contributed by atoms with E-state index >= 15 is 0 Å². The molecular weight excluding hydrogens is 218 g/mol. The topological polar surface area (TPSA) is 55.7 Å². The Kier molecular flexibility index (Phi) is 5.11. The van der Waals surface area contributed by atoms with E-state index in [1.54, 1.807) is 31.2 Å². The molecule has 0 amide bonds. The third-order valence-electron chi connectivity index (χ3n) is 2.45. The van der Waals surface area contributed by atoms with Gasteiger partial charge < -0.3 is 4.74 Å².